The molecule has 0 saturated carbocycles. The number of benzene rings is 2. The highest BCUT2D eigenvalue weighted by atomic mass is 127. The van der Waals surface area contributed by atoms with Gasteiger partial charge < -0.3 is 25.0 Å². The van der Waals surface area contributed by atoms with Gasteiger partial charge in [0.1, 0.15) is 11.5 Å². The summed E-state index contributed by atoms with van der Waals surface area (Å²) in [6.07, 6.45) is 0. The van der Waals surface area contributed by atoms with Crippen LogP contribution in [0.15, 0.2) is 53.5 Å². The Hall–Kier alpha value is -2.63. The minimum Gasteiger partial charge on any atom is -0.497 e. The standard InChI is InChI=1S/C22H28F2N4O3.HI/c1-4-25-22(28(2)15-16-5-9-19(10-6-16)31-21(23)24)27-14-13-26-20(29)17-7-11-18(30-3)12-8-17;/h5-12,21H,4,13-15H2,1-3H3,(H,25,27)(H,26,29);1H. The van der Waals surface area contributed by atoms with E-state index >= 15 is 0 Å². The molecule has 0 aliphatic heterocycles. The maximum absolute atomic E-state index is 12.3. The van der Waals surface area contributed by atoms with Crippen LogP contribution in [0.25, 0.3) is 0 Å². The van der Waals surface area contributed by atoms with E-state index in [0.29, 0.717) is 43.5 Å². The molecule has 2 aromatic rings. The van der Waals surface area contributed by atoms with Crippen molar-refractivity contribution in [1.82, 2.24) is 15.5 Å². The minimum atomic E-state index is -2.84. The van der Waals surface area contributed by atoms with E-state index in [-0.39, 0.29) is 35.6 Å². The van der Waals surface area contributed by atoms with Crippen molar-refractivity contribution in [2.75, 3.05) is 33.8 Å². The Labute approximate surface area is 204 Å². The van der Waals surface area contributed by atoms with Gasteiger partial charge in [-0.3, -0.25) is 9.79 Å². The molecule has 0 atom stereocenters. The predicted molar refractivity (Wildman–Crippen MR) is 131 cm³/mol. The highest BCUT2D eigenvalue weighted by Gasteiger charge is 2.09. The molecule has 176 valence electrons. The van der Waals surface area contributed by atoms with E-state index in [2.05, 4.69) is 20.4 Å². The molecule has 32 heavy (non-hydrogen) atoms. The van der Waals surface area contributed by atoms with Gasteiger partial charge in [0.2, 0.25) is 0 Å². The SMILES string of the molecule is CCNC(=NCCNC(=O)c1ccc(OC)cc1)N(C)Cc1ccc(OC(F)F)cc1.I. The number of rotatable bonds is 10. The Morgan fingerprint density at radius 1 is 1.06 bits per heavy atom. The van der Waals surface area contributed by atoms with Crippen molar-refractivity contribution >= 4 is 35.8 Å². The van der Waals surface area contributed by atoms with Gasteiger partial charge in [0.25, 0.3) is 5.91 Å². The van der Waals surface area contributed by atoms with Crippen molar-refractivity contribution in [2.45, 2.75) is 20.1 Å². The average Bonchev–Trinajstić information content (AvgIpc) is 2.76. The van der Waals surface area contributed by atoms with Crippen molar-refractivity contribution in [3.63, 3.8) is 0 Å². The molecule has 0 heterocycles. The zero-order valence-corrected chi connectivity index (χ0v) is 20.6. The first kappa shape index (κ1) is 27.4. The molecule has 0 saturated heterocycles. The molecule has 2 aromatic carbocycles. The van der Waals surface area contributed by atoms with Gasteiger partial charge in [-0.15, -0.1) is 24.0 Å². The molecule has 2 N–H and O–H groups in total. The molecule has 0 aliphatic rings. The first-order valence-corrected chi connectivity index (χ1v) is 9.88. The third-order valence-electron chi connectivity index (χ3n) is 4.28. The largest absolute Gasteiger partial charge is 0.497 e. The van der Waals surface area contributed by atoms with Gasteiger partial charge in [-0.2, -0.15) is 8.78 Å². The number of guanidine groups is 1. The summed E-state index contributed by atoms with van der Waals surface area (Å²) >= 11 is 0. The Kier molecular flexibility index (Phi) is 12.4. The second kappa shape index (κ2) is 14.4. The average molecular weight is 562 g/mol. The molecule has 0 aromatic heterocycles. The maximum atomic E-state index is 12.3. The van der Waals surface area contributed by atoms with Crippen LogP contribution >= 0.6 is 24.0 Å². The quantitative estimate of drug-likeness (QED) is 0.200. The van der Waals surface area contributed by atoms with E-state index in [0.717, 1.165) is 5.56 Å². The lowest BCUT2D eigenvalue weighted by Gasteiger charge is -2.22. The first-order valence-electron chi connectivity index (χ1n) is 9.88. The number of alkyl halides is 2. The van der Waals surface area contributed by atoms with Crippen LogP contribution in [-0.4, -0.2) is 57.2 Å². The van der Waals surface area contributed by atoms with Crippen LogP contribution in [0.2, 0.25) is 0 Å². The van der Waals surface area contributed by atoms with Gasteiger partial charge in [0.15, 0.2) is 5.96 Å². The number of hydrogen-bond acceptors (Lipinski definition) is 4. The molecule has 0 fully saturated rings. The molecule has 0 unspecified atom stereocenters. The van der Waals surface area contributed by atoms with Crippen LogP contribution in [0.5, 0.6) is 11.5 Å². The zero-order valence-electron chi connectivity index (χ0n) is 18.3. The second-order valence-electron chi connectivity index (χ2n) is 6.60. The Bertz CT molecular complexity index is 849. The lowest BCUT2D eigenvalue weighted by molar-refractivity contribution is -0.0498. The third-order valence-corrected chi connectivity index (χ3v) is 4.28. The van der Waals surface area contributed by atoms with E-state index in [1.165, 1.54) is 12.1 Å². The number of hydrogen-bond donors (Lipinski definition) is 2. The molecule has 0 spiro atoms. The van der Waals surface area contributed by atoms with Crippen molar-refractivity contribution < 1.29 is 23.0 Å². The fourth-order valence-corrected chi connectivity index (χ4v) is 2.77. The summed E-state index contributed by atoms with van der Waals surface area (Å²) in [6.45, 7) is 1.11. The molecular formula is C22H29F2IN4O3. The highest BCUT2D eigenvalue weighted by Crippen LogP contribution is 2.16. The van der Waals surface area contributed by atoms with Gasteiger partial charge in [-0.25, -0.2) is 0 Å². The van der Waals surface area contributed by atoms with Crippen molar-refractivity contribution in [3.8, 4) is 11.5 Å². The fraction of sp³-hybridized carbons (Fsp3) is 0.364. The van der Waals surface area contributed by atoms with Crippen LogP contribution in [0.4, 0.5) is 8.78 Å². The number of aliphatic imine (C=N–C) groups is 1. The molecule has 2 rings (SSSR count). The van der Waals surface area contributed by atoms with Crippen molar-refractivity contribution in [2.24, 2.45) is 4.99 Å². The number of carbonyl (C=O) groups excluding carboxylic acids is 1. The number of methoxy groups -OCH3 is 1. The number of halogens is 3. The molecular weight excluding hydrogens is 533 g/mol. The van der Waals surface area contributed by atoms with Gasteiger partial charge >= 0.3 is 6.61 Å². The smallest absolute Gasteiger partial charge is 0.387 e. The topological polar surface area (TPSA) is 75.2 Å². The van der Waals surface area contributed by atoms with Gasteiger partial charge in [-0.1, -0.05) is 12.1 Å². The van der Waals surface area contributed by atoms with E-state index < -0.39 is 6.61 Å². The summed E-state index contributed by atoms with van der Waals surface area (Å²) in [5, 5.41) is 6.03. The fourth-order valence-electron chi connectivity index (χ4n) is 2.77. The lowest BCUT2D eigenvalue weighted by atomic mass is 10.2. The minimum absolute atomic E-state index is 0. The summed E-state index contributed by atoms with van der Waals surface area (Å²) in [5.41, 5.74) is 1.47. The van der Waals surface area contributed by atoms with Crippen LogP contribution in [0.3, 0.4) is 0 Å². The third kappa shape index (κ3) is 9.25. The van der Waals surface area contributed by atoms with E-state index in [1.807, 2.05) is 18.9 Å². The Balaban J connectivity index is 0.00000512. The summed E-state index contributed by atoms with van der Waals surface area (Å²) in [4.78, 5) is 18.6. The zero-order chi connectivity index (χ0) is 22.6. The molecule has 10 heteroatoms. The molecule has 7 nitrogen and oxygen atoms in total. The van der Waals surface area contributed by atoms with Crippen LogP contribution in [-0.2, 0) is 6.54 Å². The van der Waals surface area contributed by atoms with Crippen molar-refractivity contribution in [3.05, 3.63) is 59.7 Å². The van der Waals surface area contributed by atoms with E-state index in [4.69, 9.17) is 4.74 Å². The van der Waals surface area contributed by atoms with Crippen molar-refractivity contribution in [1.29, 1.82) is 0 Å². The molecule has 0 bridgehead atoms. The normalized spacial score (nSPS) is 10.9. The summed E-state index contributed by atoms with van der Waals surface area (Å²) in [7, 11) is 3.45. The second-order valence-corrected chi connectivity index (χ2v) is 6.60. The number of nitrogens with one attached hydrogen (secondary N) is 2. The number of carbonyl (C=O) groups is 1. The predicted octanol–water partition coefficient (Wildman–Crippen LogP) is 3.74. The Morgan fingerprint density at radius 2 is 1.69 bits per heavy atom. The van der Waals surface area contributed by atoms with Gasteiger partial charge in [-0.05, 0) is 48.9 Å². The van der Waals surface area contributed by atoms with Crippen LogP contribution in [0.1, 0.15) is 22.8 Å². The molecule has 0 aliphatic carbocycles. The monoisotopic (exact) mass is 562 g/mol. The summed E-state index contributed by atoms with van der Waals surface area (Å²) < 4.78 is 34.0. The summed E-state index contributed by atoms with van der Waals surface area (Å²) in [5.74, 6) is 1.31. The number of ether oxygens (including phenoxy) is 2. The number of nitrogens with zero attached hydrogens (tertiary/aromatic N) is 2. The van der Waals surface area contributed by atoms with E-state index in [1.54, 1.807) is 43.5 Å². The molecule has 1 amide bonds. The van der Waals surface area contributed by atoms with Crippen LogP contribution in [0, 0.1) is 0 Å². The lowest BCUT2D eigenvalue weighted by Crippen LogP contribution is -2.39. The number of amides is 1. The van der Waals surface area contributed by atoms with Crippen LogP contribution < -0.4 is 20.1 Å². The Morgan fingerprint density at radius 3 is 2.25 bits per heavy atom. The maximum Gasteiger partial charge on any atom is 0.387 e. The summed E-state index contributed by atoms with van der Waals surface area (Å²) in [6, 6.07) is 13.3. The molecule has 0 radical (unpaired) electrons. The highest BCUT2D eigenvalue weighted by molar-refractivity contribution is 14.0. The van der Waals surface area contributed by atoms with Gasteiger partial charge in [0.05, 0.1) is 13.7 Å². The van der Waals surface area contributed by atoms with Gasteiger partial charge in [0, 0.05) is 32.2 Å². The first-order chi connectivity index (χ1) is 14.9. The van der Waals surface area contributed by atoms with E-state index in [9.17, 15) is 13.6 Å².